The first kappa shape index (κ1) is 23.1. The van der Waals surface area contributed by atoms with Crippen LogP contribution in [0.2, 0.25) is 0 Å². The molecular weight excluding hydrogens is 395 g/mol. The molecule has 9 heteroatoms. The maximum atomic E-state index is 13.3. The fraction of sp³-hybridized carbons (Fsp3) is 0.381. The molecule has 1 atom stereocenters. The molecule has 2 N–H and O–H groups in total. The van der Waals surface area contributed by atoms with Crippen LogP contribution in [0.15, 0.2) is 24.3 Å². The second-order valence-electron chi connectivity index (χ2n) is 6.61. The molecule has 1 amide bonds. The van der Waals surface area contributed by atoms with Crippen LogP contribution in [0.1, 0.15) is 50.1 Å². The van der Waals surface area contributed by atoms with Crippen molar-refractivity contribution < 1.29 is 33.0 Å². The number of hydrogen-bond donors (Lipinski definition) is 2. The normalized spacial score (nSPS) is 11.6. The van der Waals surface area contributed by atoms with Crippen LogP contribution in [-0.2, 0) is 19.0 Å². The zero-order valence-corrected chi connectivity index (χ0v) is 17.3. The third kappa shape index (κ3) is 5.66. The number of carbonyl (C=O) groups is 3. The summed E-state index contributed by atoms with van der Waals surface area (Å²) >= 11 is 0. The highest BCUT2D eigenvalue weighted by molar-refractivity contribution is 6.00. The lowest BCUT2D eigenvalue weighted by Crippen LogP contribution is -2.31. The second-order valence-corrected chi connectivity index (χ2v) is 6.61. The molecule has 0 aliphatic heterocycles. The minimum Gasteiger partial charge on any atom is -0.469 e. The summed E-state index contributed by atoms with van der Waals surface area (Å²) in [7, 11) is 2.74. The number of esters is 2. The Balaban J connectivity index is 2.24. The number of benzene rings is 1. The SMILES string of the molecule is COCCOC(=O)c1c(C)[nH]c(C(=O)NC(CC(=O)OC)c2ccc(F)cc2)c1C. The zero-order chi connectivity index (χ0) is 22.3. The maximum Gasteiger partial charge on any atom is 0.340 e. The molecule has 0 aliphatic rings. The lowest BCUT2D eigenvalue weighted by Gasteiger charge is -2.18. The van der Waals surface area contributed by atoms with Crippen LogP contribution in [0, 0.1) is 19.7 Å². The third-order valence-corrected chi connectivity index (χ3v) is 4.57. The number of H-pyrrole nitrogens is 1. The number of aromatic amines is 1. The number of nitrogens with one attached hydrogen (secondary N) is 2. The van der Waals surface area contributed by atoms with Crippen LogP contribution in [0.3, 0.4) is 0 Å². The molecule has 0 radical (unpaired) electrons. The molecule has 0 bridgehead atoms. The van der Waals surface area contributed by atoms with Gasteiger partial charge in [0.15, 0.2) is 0 Å². The van der Waals surface area contributed by atoms with Gasteiger partial charge in [-0.25, -0.2) is 9.18 Å². The molecule has 0 saturated carbocycles. The Morgan fingerprint density at radius 2 is 1.77 bits per heavy atom. The van der Waals surface area contributed by atoms with Crippen molar-refractivity contribution in [3.05, 3.63) is 58.2 Å². The second kappa shape index (κ2) is 10.5. The van der Waals surface area contributed by atoms with Gasteiger partial charge in [-0.05, 0) is 37.1 Å². The van der Waals surface area contributed by atoms with E-state index in [1.807, 2.05) is 0 Å². The molecule has 0 aliphatic carbocycles. The summed E-state index contributed by atoms with van der Waals surface area (Å²) < 4.78 is 27.9. The van der Waals surface area contributed by atoms with Crippen molar-refractivity contribution in [1.82, 2.24) is 10.3 Å². The molecule has 8 nitrogen and oxygen atoms in total. The van der Waals surface area contributed by atoms with Gasteiger partial charge < -0.3 is 24.5 Å². The maximum absolute atomic E-state index is 13.3. The average molecular weight is 420 g/mol. The highest BCUT2D eigenvalue weighted by Gasteiger charge is 2.26. The summed E-state index contributed by atoms with van der Waals surface area (Å²) in [6.45, 7) is 3.63. The van der Waals surface area contributed by atoms with Gasteiger partial charge in [0.2, 0.25) is 0 Å². The minimum atomic E-state index is -0.745. The number of amides is 1. The van der Waals surface area contributed by atoms with Crippen molar-refractivity contribution in [2.75, 3.05) is 27.4 Å². The van der Waals surface area contributed by atoms with Gasteiger partial charge in [-0.1, -0.05) is 12.1 Å². The van der Waals surface area contributed by atoms with Gasteiger partial charge in [0.05, 0.1) is 31.7 Å². The van der Waals surface area contributed by atoms with E-state index in [0.29, 0.717) is 16.8 Å². The summed E-state index contributed by atoms with van der Waals surface area (Å²) in [5, 5.41) is 2.74. The van der Waals surface area contributed by atoms with Gasteiger partial charge in [-0.2, -0.15) is 0 Å². The largest absolute Gasteiger partial charge is 0.469 e. The molecule has 0 spiro atoms. The van der Waals surface area contributed by atoms with Crippen LogP contribution < -0.4 is 5.32 Å². The van der Waals surface area contributed by atoms with Crippen LogP contribution in [0.5, 0.6) is 0 Å². The van der Waals surface area contributed by atoms with Gasteiger partial charge in [-0.15, -0.1) is 0 Å². The Kier molecular flexibility index (Phi) is 8.11. The molecule has 30 heavy (non-hydrogen) atoms. The van der Waals surface area contributed by atoms with E-state index in [1.54, 1.807) is 13.8 Å². The Bertz CT molecular complexity index is 907. The van der Waals surface area contributed by atoms with Crippen LogP contribution in [-0.4, -0.2) is 50.3 Å². The van der Waals surface area contributed by atoms with Crippen LogP contribution in [0.25, 0.3) is 0 Å². The number of halogens is 1. The first-order valence-electron chi connectivity index (χ1n) is 9.26. The summed E-state index contributed by atoms with van der Waals surface area (Å²) in [5.74, 6) is -2.06. The first-order chi connectivity index (χ1) is 14.3. The molecule has 1 aromatic carbocycles. The zero-order valence-electron chi connectivity index (χ0n) is 17.3. The number of rotatable bonds is 9. The van der Waals surface area contributed by atoms with E-state index in [4.69, 9.17) is 14.2 Å². The monoisotopic (exact) mass is 420 g/mol. The average Bonchev–Trinajstić information content (AvgIpc) is 3.02. The predicted octanol–water partition coefficient (Wildman–Crippen LogP) is 2.61. The van der Waals surface area contributed by atoms with Crippen LogP contribution in [0.4, 0.5) is 4.39 Å². The van der Waals surface area contributed by atoms with E-state index >= 15 is 0 Å². The van der Waals surface area contributed by atoms with E-state index in [-0.39, 0.29) is 30.9 Å². The molecule has 162 valence electrons. The van der Waals surface area contributed by atoms with Crippen molar-refractivity contribution >= 4 is 17.8 Å². The number of hydrogen-bond acceptors (Lipinski definition) is 6. The topological polar surface area (TPSA) is 107 Å². The molecule has 1 unspecified atom stereocenters. The Labute approximate surface area is 173 Å². The molecule has 0 fully saturated rings. The van der Waals surface area contributed by atoms with Gasteiger partial charge in [0.1, 0.15) is 18.1 Å². The molecule has 2 rings (SSSR count). The van der Waals surface area contributed by atoms with Crippen LogP contribution >= 0.6 is 0 Å². The van der Waals surface area contributed by atoms with Gasteiger partial charge >= 0.3 is 11.9 Å². The molecule has 1 heterocycles. The Morgan fingerprint density at radius 3 is 2.37 bits per heavy atom. The molecular formula is C21H25FN2O6. The smallest absolute Gasteiger partial charge is 0.340 e. The first-order valence-corrected chi connectivity index (χ1v) is 9.26. The van der Waals surface area contributed by atoms with E-state index in [0.717, 1.165) is 0 Å². The Hall–Kier alpha value is -3.20. The van der Waals surface area contributed by atoms with Gasteiger partial charge in [0, 0.05) is 12.8 Å². The summed E-state index contributed by atoms with van der Waals surface area (Å²) in [6.07, 6.45) is -0.140. The molecule has 0 saturated heterocycles. The molecule has 1 aromatic heterocycles. The fourth-order valence-electron chi connectivity index (χ4n) is 3.00. The standard InChI is InChI=1S/C21H25FN2O6/c1-12-18(21(27)30-10-9-28-3)13(2)23-19(12)20(26)24-16(11-17(25)29-4)14-5-7-15(22)8-6-14/h5-8,16,23H,9-11H2,1-4H3,(H,24,26). The van der Waals surface area contributed by atoms with Crippen molar-refractivity contribution in [2.24, 2.45) is 0 Å². The minimum absolute atomic E-state index is 0.0900. The number of methoxy groups -OCH3 is 2. The summed E-state index contributed by atoms with van der Waals surface area (Å²) in [4.78, 5) is 39.9. The predicted molar refractivity (Wildman–Crippen MR) is 106 cm³/mol. The van der Waals surface area contributed by atoms with Crippen molar-refractivity contribution in [3.8, 4) is 0 Å². The number of aromatic nitrogens is 1. The van der Waals surface area contributed by atoms with E-state index in [2.05, 4.69) is 10.3 Å². The number of ether oxygens (including phenoxy) is 3. The van der Waals surface area contributed by atoms with E-state index in [1.165, 1.54) is 38.5 Å². The Morgan fingerprint density at radius 1 is 1.10 bits per heavy atom. The van der Waals surface area contributed by atoms with Crippen molar-refractivity contribution in [3.63, 3.8) is 0 Å². The number of carbonyl (C=O) groups excluding carboxylic acids is 3. The quantitative estimate of drug-likeness (QED) is 0.477. The van der Waals surface area contributed by atoms with E-state index in [9.17, 15) is 18.8 Å². The molecule has 2 aromatic rings. The summed E-state index contributed by atoms with van der Waals surface area (Å²) in [6, 6.07) is 4.70. The lowest BCUT2D eigenvalue weighted by atomic mass is 10.0. The fourth-order valence-corrected chi connectivity index (χ4v) is 3.00. The number of aryl methyl sites for hydroxylation is 1. The summed E-state index contributed by atoms with van der Waals surface area (Å²) in [5.41, 5.74) is 1.87. The lowest BCUT2D eigenvalue weighted by molar-refractivity contribution is -0.141. The third-order valence-electron chi connectivity index (χ3n) is 4.57. The van der Waals surface area contributed by atoms with Crippen molar-refractivity contribution in [1.29, 1.82) is 0 Å². The van der Waals surface area contributed by atoms with Gasteiger partial charge in [-0.3, -0.25) is 9.59 Å². The van der Waals surface area contributed by atoms with Gasteiger partial charge in [0.25, 0.3) is 5.91 Å². The van der Waals surface area contributed by atoms with E-state index < -0.39 is 29.7 Å². The van der Waals surface area contributed by atoms with Crippen molar-refractivity contribution in [2.45, 2.75) is 26.3 Å². The highest BCUT2D eigenvalue weighted by Crippen LogP contribution is 2.22. The highest BCUT2D eigenvalue weighted by atomic mass is 19.1.